The molecule has 1 aromatic heterocycles. The minimum Gasteiger partial charge on any atom is -0.289 e. The minimum absolute atomic E-state index is 0.162. The molecule has 0 aliphatic rings. The number of rotatable bonds is 1. The van der Waals surface area contributed by atoms with E-state index in [1.807, 2.05) is 30.3 Å². The van der Waals surface area contributed by atoms with Crippen LogP contribution in [0.5, 0.6) is 0 Å². The molecule has 0 unspecified atom stereocenters. The van der Waals surface area contributed by atoms with Crippen LogP contribution in [0, 0.1) is 6.92 Å². The molecule has 0 saturated carbocycles. The van der Waals surface area contributed by atoms with E-state index in [0.717, 1.165) is 25.7 Å². The molecule has 2 aromatic carbocycles. The third-order valence-electron chi connectivity index (χ3n) is 3.47. The van der Waals surface area contributed by atoms with Crippen molar-refractivity contribution in [1.82, 2.24) is 0 Å². The van der Waals surface area contributed by atoms with E-state index in [1.165, 1.54) is 5.56 Å². The van der Waals surface area contributed by atoms with Crippen molar-refractivity contribution in [2.45, 2.75) is 26.7 Å². The number of aryl methyl sites for hydroxylation is 1. The Labute approximate surface area is 116 Å². The van der Waals surface area contributed by atoms with E-state index in [-0.39, 0.29) is 5.43 Å². The smallest absolute Gasteiger partial charge is 0.195 e. The van der Waals surface area contributed by atoms with Crippen LogP contribution in [-0.4, -0.2) is 0 Å². The SMILES string of the molecule is Cc1cc(C(C)C)c2sc3ccccc3c(=O)c2c1. The summed E-state index contributed by atoms with van der Waals surface area (Å²) in [6.45, 7) is 6.42. The summed E-state index contributed by atoms with van der Waals surface area (Å²) in [6.07, 6.45) is 0. The van der Waals surface area contributed by atoms with E-state index >= 15 is 0 Å². The van der Waals surface area contributed by atoms with E-state index in [9.17, 15) is 4.79 Å². The predicted molar refractivity (Wildman–Crippen MR) is 84.4 cm³/mol. The van der Waals surface area contributed by atoms with Gasteiger partial charge in [-0.3, -0.25) is 4.79 Å². The quantitative estimate of drug-likeness (QED) is 0.577. The largest absolute Gasteiger partial charge is 0.289 e. The zero-order chi connectivity index (χ0) is 13.6. The molecule has 0 bridgehead atoms. The molecule has 3 aromatic rings. The Bertz CT molecular complexity index is 828. The number of benzene rings is 2. The van der Waals surface area contributed by atoms with E-state index in [4.69, 9.17) is 0 Å². The van der Waals surface area contributed by atoms with Crippen molar-refractivity contribution in [1.29, 1.82) is 0 Å². The van der Waals surface area contributed by atoms with Gasteiger partial charge in [0.1, 0.15) is 0 Å². The topological polar surface area (TPSA) is 17.1 Å². The van der Waals surface area contributed by atoms with Gasteiger partial charge in [-0.05, 0) is 36.6 Å². The van der Waals surface area contributed by atoms with Crippen LogP contribution in [0.15, 0.2) is 41.2 Å². The molecule has 0 N–H and O–H groups in total. The Morgan fingerprint density at radius 2 is 1.79 bits per heavy atom. The lowest BCUT2D eigenvalue weighted by Gasteiger charge is -2.11. The molecule has 1 nitrogen and oxygen atoms in total. The van der Waals surface area contributed by atoms with Gasteiger partial charge < -0.3 is 0 Å². The second-order valence-electron chi connectivity index (χ2n) is 5.31. The monoisotopic (exact) mass is 268 g/mol. The van der Waals surface area contributed by atoms with Crippen molar-refractivity contribution in [2.24, 2.45) is 0 Å². The summed E-state index contributed by atoms with van der Waals surface area (Å²) < 4.78 is 2.22. The molecule has 19 heavy (non-hydrogen) atoms. The minimum atomic E-state index is 0.162. The Morgan fingerprint density at radius 1 is 1.05 bits per heavy atom. The van der Waals surface area contributed by atoms with Gasteiger partial charge in [0.05, 0.1) is 0 Å². The second-order valence-corrected chi connectivity index (χ2v) is 6.37. The maximum absolute atomic E-state index is 12.6. The molecule has 0 amide bonds. The Balaban J connectivity index is 2.58. The standard InChI is InChI=1S/C17H16OS/c1-10(2)13-8-11(3)9-14-16(18)12-6-4-5-7-15(12)19-17(13)14/h4-10H,1-3H3. The van der Waals surface area contributed by atoms with Crippen LogP contribution >= 0.6 is 11.3 Å². The highest BCUT2D eigenvalue weighted by Gasteiger charge is 2.12. The van der Waals surface area contributed by atoms with Crippen molar-refractivity contribution < 1.29 is 0 Å². The van der Waals surface area contributed by atoms with Crippen molar-refractivity contribution in [3.05, 3.63) is 57.7 Å². The van der Waals surface area contributed by atoms with Gasteiger partial charge in [-0.1, -0.05) is 37.6 Å². The maximum Gasteiger partial charge on any atom is 0.195 e. The van der Waals surface area contributed by atoms with Gasteiger partial charge in [-0.15, -0.1) is 11.3 Å². The summed E-state index contributed by atoms with van der Waals surface area (Å²) >= 11 is 1.73. The van der Waals surface area contributed by atoms with Crippen LogP contribution in [-0.2, 0) is 0 Å². The number of hydrogen-bond donors (Lipinski definition) is 0. The second kappa shape index (κ2) is 4.46. The molecule has 0 atom stereocenters. The summed E-state index contributed by atoms with van der Waals surface area (Å²) in [5.41, 5.74) is 2.61. The highest BCUT2D eigenvalue weighted by molar-refractivity contribution is 7.24. The van der Waals surface area contributed by atoms with Crippen LogP contribution in [0.2, 0.25) is 0 Å². The van der Waals surface area contributed by atoms with E-state index < -0.39 is 0 Å². The Kier molecular flexibility index (Phi) is 2.90. The van der Waals surface area contributed by atoms with Crippen molar-refractivity contribution in [3.63, 3.8) is 0 Å². The fourth-order valence-electron chi connectivity index (χ4n) is 2.51. The van der Waals surface area contributed by atoms with Crippen LogP contribution < -0.4 is 5.43 Å². The molecule has 0 radical (unpaired) electrons. The summed E-state index contributed by atoms with van der Waals surface area (Å²) in [4.78, 5) is 12.6. The van der Waals surface area contributed by atoms with Crippen molar-refractivity contribution in [3.8, 4) is 0 Å². The summed E-state index contributed by atoms with van der Waals surface area (Å²) in [5, 5.41) is 1.70. The average Bonchev–Trinajstić information content (AvgIpc) is 2.39. The normalized spacial score (nSPS) is 11.6. The molecule has 0 fully saturated rings. The van der Waals surface area contributed by atoms with E-state index in [1.54, 1.807) is 11.3 Å². The lowest BCUT2D eigenvalue weighted by molar-refractivity contribution is 0.876. The van der Waals surface area contributed by atoms with E-state index in [0.29, 0.717) is 5.92 Å². The molecule has 3 rings (SSSR count). The third-order valence-corrected chi connectivity index (χ3v) is 4.71. The number of hydrogen-bond acceptors (Lipinski definition) is 2. The third kappa shape index (κ3) is 1.96. The predicted octanol–water partition coefficient (Wildman–Crippen LogP) is 4.85. The Hall–Kier alpha value is -1.67. The zero-order valence-corrected chi connectivity index (χ0v) is 12.2. The van der Waals surface area contributed by atoms with Gasteiger partial charge in [-0.25, -0.2) is 0 Å². The number of fused-ring (bicyclic) bond motifs is 2. The summed E-state index contributed by atoms with van der Waals surface area (Å²) in [7, 11) is 0. The average molecular weight is 268 g/mol. The molecule has 0 saturated heterocycles. The molecule has 0 aliphatic heterocycles. The lowest BCUT2D eigenvalue weighted by Crippen LogP contribution is -2.03. The highest BCUT2D eigenvalue weighted by Crippen LogP contribution is 2.32. The fourth-order valence-corrected chi connectivity index (χ4v) is 3.82. The molecule has 1 heterocycles. The van der Waals surface area contributed by atoms with Gasteiger partial charge in [-0.2, -0.15) is 0 Å². The first-order chi connectivity index (χ1) is 9.08. The molecule has 0 aliphatic carbocycles. The first-order valence-electron chi connectivity index (χ1n) is 6.54. The Morgan fingerprint density at radius 3 is 2.53 bits per heavy atom. The van der Waals surface area contributed by atoms with Gasteiger partial charge >= 0.3 is 0 Å². The first-order valence-corrected chi connectivity index (χ1v) is 7.35. The zero-order valence-electron chi connectivity index (χ0n) is 11.4. The van der Waals surface area contributed by atoms with Gasteiger partial charge in [0.2, 0.25) is 0 Å². The highest BCUT2D eigenvalue weighted by atomic mass is 32.1. The molecule has 96 valence electrons. The van der Waals surface area contributed by atoms with Crippen molar-refractivity contribution in [2.75, 3.05) is 0 Å². The van der Waals surface area contributed by atoms with Crippen molar-refractivity contribution >= 4 is 31.5 Å². The van der Waals surface area contributed by atoms with E-state index in [2.05, 4.69) is 26.8 Å². The fraction of sp³-hybridized carbons (Fsp3) is 0.235. The molecular formula is C17H16OS. The molecule has 2 heteroatoms. The van der Waals surface area contributed by atoms with Gasteiger partial charge in [0.25, 0.3) is 0 Å². The van der Waals surface area contributed by atoms with Gasteiger partial charge in [0.15, 0.2) is 5.43 Å². The maximum atomic E-state index is 12.6. The van der Waals surface area contributed by atoms with Crippen LogP contribution in [0.4, 0.5) is 0 Å². The van der Waals surface area contributed by atoms with Crippen LogP contribution in [0.3, 0.4) is 0 Å². The van der Waals surface area contributed by atoms with Crippen LogP contribution in [0.25, 0.3) is 20.2 Å². The van der Waals surface area contributed by atoms with Gasteiger partial charge in [0, 0.05) is 20.2 Å². The summed E-state index contributed by atoms with van der Waals surface area (Å²) in [5.74, 6) is 0.430. The van der Waals surface area contributed by atoms with Crippen LogP contribution in [0.1, 0.15) is 30.9 Å². The molecular weight excluding hydrogens is 252 g/mol. The molecule has 0 spiro atoms. The first kappa shape index (κ1) is 12.4. The summed E-state index contributed by atoms with van der Waals surface area (Å²) in [6, 6.07) is 12.1. The lowest BCUT2D eigenvalue weighted by atomic mass is 9.98.